The van der Waals surface area contributed by atoms with Crippen LogP contribution < -0.4 is 0 Å². The predicted octanol–water partition coefficient (Wildman–Crippen LogP) is 2.14. The maximum absolute atomic E-state index is 13.0. The molecule has 1 aliphatic carbocycles. The quantitative estimate of drug-likeness (QED) is 0.584. The van der Waals surface area contributed by atoms with Crippen LogP contribution in [0.2, 0.25) is 0 Å². The molecule has 1 aromatic carbocycles. The van der Waals surface area contributed by atoms with Crippen molar-refractivity contribution in [3.63, 3.8) is 0 Å². The summed E-state index contributed by atoms with van der Waals surface area (Å²) in [5.74, 6) is -0.162. The molecular weight excluding hydrogens is 141 g/mol. The summed E-state index contributed by atoms with van der Waals surface area (Å²) in [6.45, 7) is 0. The summed E-state index contributed by atoms with van der Waals surface area (Å²) in [5, 5.41) is 7.46. The molecule has 0 saturated heterocycles. The topological polar surface area (TPSA) is 23.9 Å². The third-order valence-corrected chi connectivity index (χ3v) is 2.07. The number of halogens is 1. The first-order valence-electron chi connectivity index (χ1n) is 3.64. The number of rotatable bonds is 0. The summed E-state index contributed by atoms with van der Waals surface area (Å²) in [6.07, 6.45) is 1.39. The SMILES string of the molecule is N=C1CCc2c(F)cccc21. The fourth-order valence-electron chi connectivity index (χ4n) is 1.48. The van der Waals surface area contributed by atoms with Crippen molar-refractivity contribution in [2.45, 2.75) is 12.8 Å². The average molecular weight is 149 g/mol. The molecule has 0 aliphatic heterocycles. The second-order valence-corrected chi connectivity index (χ2v) is 2.74. The van der Waals surface area contributed by atoms with E-state index in [1.165, 1.54) is 6.07 Å². The van der Waals surface area contributed by atoms with E-state index in [9.17, 15) is 4.39 Å². The number of hydrogen-bond acceptors (Lipinski definition) is 1. The van der Waals surface area contributed by atoms with Gasteiger partial charge in [-0.2, -0.15) is 0 Å². The Kier molecular flexibility index (Phi) is 1.28. The maximum Gasteiger partial charge on any atom is 0.127 e. The van der Waals surface area contributed by atoms with Crippen molar-refractivity contribution in [2.24, 2.45) is 0 Å². The number of fused-ring (bicyclic) bond motifs is 1. The molecule has 0 heterocycles. The highest BCUT2D eigenvalue weighted by Crippen LogP contribution is 2.23. The molecule has 0 aromatic heterocycles. The third kappa shape index (κ3) is 0.862. The van der Waals surface area contributed by atoms with Crippen LogP contribution in [0.15, 0.2) is 18.2 Å². The van der Waals surface area contributed by atoms with E-state index in [4.69, 9.17) is 5.41 Å². The summed E-state index contributed by atoms with van der Waals surface area (Å²) in [5.41, 5.74) is 2.09. The highest BCUT2D eigenvalue weighted by Gasteiger charge is 2.18. The first-order chi connectivity index (χ1) is 5.29. The van der Waals surface area contributed by atoms with Gasteiger partial charge in [-0.1, -0.05) is 12.1 Å². The molecule has 1 N–H and O–H groups in total. The van der Waals surface area contributed by atoms with Gasteiger partial charge in [0.25, 0.3) is 0 Å². The minimum absolute atomic E-state index is 0.162. The fourth-order valence-corrected chi connectivity index (χ4v) is 1.48. The van der Waals surface area contributed by atoms with E-state index in [1.807, 2.05) is 6.07 Å². The van der Waals surface area contributed by atoms with Gasteiger partial charge in [0, 0.05) is 11.3 Å². The van der Waals surface area contributed by atoms with Gasteiger partial charge in [0.15, 0.2) is 0 Å². The monoisotopic (exact) mass is 149 g/mol. The van der Waals surface area contributed by atoms with Crippen molar-refractivity contribution in [3.05, 3.63) is 35.1 Å². The van der Waals surface area contributed by atoms with E-state index in [-0.39, 0.29) is 5.82 Å². The molecule has 1 aromatic rings. The minimum atomic E-state index is -0.162. The molecule has 0 unspecified atom stereocenters. The Bertz CT molecular complexity index is 317. The van der Waals surface area contributed by atoms with Crippen LogP contribution in [-0.2, 0) is 6.42 Å². The molecule has 56 valence electrons. The lowest BCUT2D eigenvalue weighted by Gasteiger charge is -1.97. The van der Waals surface area contributed by atoms with E-state index in [0.29, 0.717) is 18.6 Å². The highest BCUT2D eigenvalue weighted by molar-refractivity contribution is 6.02. The zero-order valence-electron chi connectivity index (χ0n) is 6.02. The first-order valence-corrected chi connectivity index (χ1v) is 3.64. The molecule has 1 aliphatic rings. The Balaban J connectivity index is 2.66. The highest BCUT2D eigenvalue weighted by atomic mass is 19.1. The van der Waals surface area contributed by atoms with E-state index in [1.54, 1.807) is 6.07 Å². The summed E-state index contributed by atoms with van der Waals surface area (Å²) in [7, 11) is 0. The predicted molar refractivity (Wildman–Crippen MR) is 41.5 cm³/mol. The van der Waals surface area contributed by atoms with Crippen LogP contribution in [0.25, 0.3) is 0 Å². The molecule has 11 heavy (non-hydrogen) atoms. The van der Waals surface area contributed by atoms with Gasteiger partial charge in [-0.25, -0.2) is 4.39 Å². The lowest BCUT2D eigenvalue weighted by Crippen LogP contribution is -1.91. The van der Waals surface area contributed by atoms with Crippen LogP contribution in [0, 0.1) is 11.2 Å². The maximum atomic E-state index is 13.0. The molecular formula is C9H8FN. The second kappa shape index (κ2) is 2.16. The smallest absolute Gasteiger partial charge is 0.127 e. The Morgan fingerprint density at radius 3 is 2.82 bits per heavy atom. The van der Waals surface area contributed by atoms with E-state index >= 15 is 0 Å². The van der Waals surface area contributed by atoms with Crippen LogP contribution in [0.5, 0.6) is 0 Å². The van der Waals surface area contributed by atoms with Crippen molar-refractivity contribution in [1.29, 1.82) is 5.41 Å². The van der Waals surface area contributed by atoms with Crippen LogP contribution in [0.3, 0.4) is 0 Å². The molecule has 1 nitrogen and oxygen atoms in total. The molecule has 0 amide bonds. The summed E-state index contributed by atoms with van der Waals surface area (Å²) >= 11 is 0. The van der Waals surface area contributed by atoms with Gasteiger partial charge >= 0.3 is 0 Å². The van der Waals surface area contributed by atoms with Crippen LogP contribution in [-0.4, -0.2) is 5.71 Å². The average Bonchev–Trinajstić information content (AvgIpc) is 2.35. The zero-order chi connectivity index (χ0) is 7.84. The number of nitrogens with one attached hydrogen (secondary N) is 1. The molecule has 0 bridgehead atoms. The van der Waals surface area contributed by atoms with Gasteiger partial charge in [0.2, 0.25) is 0 Å². The zero-order valence-corrected chi connectivity index (χ0v) is 6.02. The lowest BCUT2D eigenvalue weighted by molar-refractivity contribution is 0.613. The Morgan fingerprint density at radius 1 is 1.27 bits per heavy atom. The summed E-state index contributed by atoms with van der Waals surface area (Å²) in [6, 6.07) is 4.93. The van der Waals surface area contributed by atoms with Crippen molar-refractivity contribution < 1.29 is 4.39 Å². The van der Waals surface area contributed by atoms with Gasteiger partial charge in [-0.15, -0.1) is 0 Å². The van der Waals surface area contributed by atoms with E-state index in [0.717, 1.165) is 11.1 Å². The summed E-state index contributed by atoms with van der Waals surface area (Å²) in [4.78, 5) is 0. The van der Waals surface area contributed by atoms with Gasteiger partial charge in [-0.05, 0) is 24.5 Å². The Hall–Kier alpha value is -1.18. The molecule has 0 saturated carbocycles. The second-order valence-electron chi connectivity index (χ2n) is 2.74. The van der Waals surface area contributed by atoms with E-state index in [2.05, 4.69) is 0 Å². The normalized spacial score (nSPS) is 15.2. The van der Waals surface area contributed by atoms with Gasteiger partial charge < -0.3 is 5.41 Å². The van der Waals surface area contributed by atoms with Gasteiger partial charge in [0.1, 0.15) is 5.82 Å². The summed E-state index contributed by atoms with van der Waals surface area (Å²) < 4.78 is 13.0. The molecule has 0 radical (unpaired) electrons. The third-order valence-electron chi connectivity index (χ3n) is 2.07. The van der Waals surface area contributed by atoms with Crippen LogP contribution in [0.1, 0.15) is 17.5 Å². The van der Waals surface area contributed by atoms with Crippen molar-refractivity contribution >= 4 is 5.71 Å². The Morgan fingerprint density at radius 2 is 2.09 bits per heavy atom. The molecule has 0 fully saturated rings. The first kappa shape index (κ1) is 6.53. The molecule has 2 heteroatoms. The Labute approximate surface area is 64.4 Å². The largest absolute Gasteiger partial charge is 0.305 e. The molecule has 0 atom stereocenters. The number of hydrogen-bond donors (Lipinski definition) is 1. The van der Waals surface area contributed by atoms with E-state index < -0.39 is 0 Å². The van der Waals surface area contributed by atoms with Crippen molar-refractivity contribution in [1.82, 2.24) is 0 Å². The minimum Gasteiger partial charge on any atom is -0.305 e. The van der Waals surface area contributed by atoms with Crippen molar-refractivity contribution in [3.8, 4) is 0 Å². The van der Waals surface area contributed by atoms with Crippen LogP contribution >= 0.6 is 0 Å². The standard InChI is InChI=1S/C9H8FN/c10-8-3-1-2-7-6(8)4-5-9(7)11/h1-3,11H,4-5H2. The van der Waals surface area contributed by atoms with Gasteiger partial charge in [-0.3, -0.25) is 0 Å². The van der Waals surface area contributed by atoms with Crippen LogP contribution in [0.4, 0.5) is 4.39 Å². The molecule has 0 spiro atoms. The lowest BCUT2D eigenvalue weighted by atomic mass is 10.1. The fraction of sp³-hybridized carbons (Fsp3) is 0.222. The number of benzene rings is 1. The van der Waals surface area contributed by atoms with Crippen molar-refractivity contribution in [2.75, 3.05) is 0 Å². The molecule has 2 rings (SSSR count). The van der Waals surface area contributed by atoms with Gasteiger partial charge in [0.05, 0.1) is 0 Å².